The molecule has 4 aromatic rings. The number of hydrogen-bond donors (Lipinski definition) is 5. The lowest BCUT2D eigenvalue weighted by atomic mass is 10.0. The second-order valence-corrected chi connectivity index (χ2v) is 19.9. The molecule has 1 unspecified atom stereocenters. The number of benzene rings is 3. The first-order chi connectivity index (χ1) is 37.1. The van der Waals surface area contributed by atoms with Gasteiger partial charge in [-0.25, -0.2) is 4.98 Å². The average Bonchev–Trinajstić information content (AvgIpc) is 3.88. The Labute approximate surface area is 461 Å². The summed E-state index contributed by atoms with van der Waals surface area (Å²) in [5.41, 5.74) is 5.21. The normalized spacial score (nSPS) is 13.5. The molecule has 0 spiro atoms. The van der Waals surface area contributed by atoms with Gasteiger partial charge in [0, 0.05) is 73.9 Å². The molecule has 2 heterocycles. The minimum Gasteiger partial charge on any atom is -0.494 e. The van der Waals surface area contributed by atoms with E-state index < -0.39 is 6.04 Å². The van der Waals surface area contributed by atoms with Gasteiger partial charge < -0.3 is 60.6 Å². The number of anilines is 2. The molecule has 5 rings (SSSR count). The van der Waals surface area contributed by atoms with Crippen molar-refractivity contribution in [1.29, 1.82) is 0 Å². The molecular formula is C56H79BrN10O8S. The van der Waals surface area contributed by atoms with E-state index >= 15 is 0 Å². The number of amides is 3. The molecule has 1 atom stereocenters. The number of carbonyl (C=O) groups is 3. The van der Waals surface area contributed by atoms with Gasteiger partial charge in [0.2, 0.25) is 17.7 Å². The number of rotatable bonds is 37. The zero-order valence-corrected chi connectivity index (χ0v) is 47.0. The highest BCUT2D eigenvalue weighted by Crippen LogP contribution is 2.24. The summed E-state index contributed by atoms with van der Waals surface area (Å²) in [6.45, 7) is 13.9. The number of aryl methyl sites for hydroxylation is 1. The summed E-state index contributed by atoms with van der Waals surface area (Å²) in [7, 11) is 2.09. The molecule has 1 aliphatic heterocycles. The van der Waals surface area contributed by atoms with Crippen LogP contribution in [0.4, 0.5) is 10.8 Å². The predicted octanol–water partition coefficient (Wildman–Crippen LogP) is 7.27. The maximum Gasteiger partial charge on any atom is 0.247 e. The van der Waals surface area contributed by atoms with Crippen molar-refractivity contribution in [2.75, 3.05) is 118 Å². The van der Waals surface area contributed by atoms with Crippen LogP contribution in [0.2, 0.25) is 0 Å². The van der Waals surface area contributed by atoms with Crippen molar-refractivity contribution in [3.8, 4) is 11.5 Å². The molecule has 0 radical (unpaired) electrons. The number of thiazole rings is 1. The van der Waals surface area contributed by atoms with Crippen LogP contribution in [0.3, 0.4) is 0 Å². The standard InChI is InChI=1S/C56H79BrN10O8S/c1-4-8-43(5-2)40-61-55(70)54(45-12-14-46(57)15-13-45)64-52(68)22-11-44-9-18-50(19-10-44)74-31-7-6-27-66(3)30-34-73-36-35-71-32-23-48(65-58)41-60-26-33-72-37-38-75-51-20-16-47(17-21-51)62-56-63-49(42-76-56)39-53(69)67-28-24-59-25-29-67/h8-10,12-21,41-42,54,59H,4-7,11,22-40,58H2,1-3H3,(H,61,70)(H,62,63)(H,64,68)/b43-8+,60-41?,65-48-. The third kappa shape index (κ3) is 24.5. The Morgan fingerprint density at radius 1 is 0.855 bits per heavy atom. The maximum absolute atomic E-state index is 13.3. The molecule has 0 bridgehead atoms. The van der Waals surface area contributed by atoms with Crippen LogP contribution in [0.25, 0.3) is 0 Å². The number of nitrogens with two attached hydrogens (primary N) is 1. The Morgan fingerprint density at radius 2 is 1.55 bits per heavy atom. The lowest BCUT2D eigenvalue weighted by Crippen LogP contribution is -2.46. The quantitative estimate of drug-likeness (QED) is 0.00989. The molecule has 18 nitrogen and oxygen atoms in total. The molecule has 0 saturated carbocycles. The second kappa shape index (κ2) is 36.3. The first kappa shape index (κ1) is 61.1. The van der Waals surface area contributed by atoms with Crippen LogP contribution < -0.4 is 36.6 Å². The van der Waals surface area contributed by atoms with E-state index in [0.29, 0.717) is 90.9 Å². The fraction of sp³-hybridized carbons (Fsp3) is 0.500. The summed E-state index contributed by atoms with van der Waals surface area (Å²) in [5.74, 6) is 6.79. The minimum atomic E-state index is -0.785. The number of carbonyl (C=O) groups excluding carboxylic acids is 3. The number of allylic oxidation sites excluding steroid dienone is 1. The molecule has 6 N–H and O–H groups in total. The van der Waals surface area contributed by atoms with E-state index in [2.05, 4.69) is 84.1 Å². The first-order valence-corrected chi connectivity index (χ1v) is 28.1. The molecule has 76 heavy (non-hydrogen) atoms. The summed E-state index contributed by atoms with van der Waals surface area (Å²) < 4.78 is 29.9. The summed E-state index contributed by atoms with van der Waals surface area (Å²) in [5, 5.41) is 19.0. The van der Waals surface area contributed by atoms with Gasteiger partial charge in [-0.15, -0.1) is 11.3 Å². The number of likely N-dealkylation sites (N-methyl/N-ethyl adjacent to an activating group) is 1. The number of nitrogens with one attached hydrogen (secondary N) is 4. The molecule has 1 aromatic heterocycles. The van der Waals surface area contributed by atoms with Crippen LogP contribution in [0, 0.1) is 0 Å². The van der Waals surface area contributed by atoms with Crippen molar-refractivity contribution in [3.63, 3.8) is 0 Å². The van der Waals surface area contributed by atoms with E-state index in [9.17, 15) is 14.4 Å². The highest BCUT2D eigenvalue weighted by molar-refractivity contribution is 9.10. The number of ether oxygens (including phenoxy) is 5. The third-order valence-electron chi connectivity index (χ3n) is 12.2. The van der Waals surface area contributed by atoms with E-state index in [1.165, 1.54) is 11.3 Å². The van der Waals surface area contributed by atoms with Crippen molar-refractivity contribution in [3.05, 3.63) is 111 Å². The smallest absolute Gasteiger partial charge is 0.247 e. The predicted molar refractivity (Wildman–Crippen MR) is 306 cm³/mol. The Morgan fingerprint density at radius 3 is 2.28 bits per heavy atom. The Hall–Kier alpha value is -5.74. The average molecular weight is 1130 g/mol. The zero-order chi connectivity index (χ0) is 54.0. The van der Waals surface area contributed by atoms with Crippen molar-refractivity contribution >= 4 is 67.7 Å². The molecule has 3 aromatic carbocycles. The number of piperazine rings is 1. The zero-order valence-electron chi connectivity index (χ0n) is 44.6. The number of aromatic nitrogens is 1. The Kier molecular flexibility index (Phi) is 29.2. The van der Waals surface area contributed by atoms with Gasteiger partial charge in [0.25, 0.3) is 0 Å². The summed E-state index contributed by atoms with van der Waals surface area (Å²) in [6.07, 6.45) is 9.11. The van der Waals surface area contributed by atoms with E-state index in [-0.39, 0.29) is 24.1 Å². The second-order valence-electron chi connectivity index (χ2n) is 18.1. The summed E-state index contributed by atoms with van der Waals surface area (Å²) >= 11 is 4.93. The Bertz CT molecular complexity index is 2380. The van der Waals surface area contributed by atoms with E-state index in [0.717, 1.165) is 114 Å². The highest BCUT2D eigenvalue weighted by atomic mass is 79.9. The van der Waals surface area contributed by atoms with Gasteiger partial charge in [0.15, 0.2) is 5.13 Å². The minimum absolute atomic E-state index is 0.113. The van der Waals surface area contributed by atoms with Gasteiger partial charge in [-0.05, 0) is 105 Å². The molecular weight excluding hydrogens is 1050 g/mol. The monoisotopic (exact) mass is 1130 g/mol. The van der Waals surface area contributed by atoms with Crippen molar-refractivity contribution in [2.24, 2.45) is 15.9 Å². The van der Waals surface area contributed by atoms with Crippen LogP contribution in [0.5, 0.6) is 11.5 Å². The molecule has 414 valence electrons. The van der Waals surface area contributed by atoms with Gasteiger partial charge in [0.05, 0.1) is 70.6 Å². The van der Waals surface area contributed by atoms with E-state index in [1.54, 1.807) is 6.21 Å². The van der Waals surface area contributed by atoms with Gasteiger partial charge in [-0.2, -0.15) is 5.10 Å². The van der Waals surface area contributed by atoms with Gasteiger partial charge >= 0.3 is 0 Å². The lowest BCUT2D eigenvalue weighted by molar-refractivity contribution is -0.131. The van der Waals surface area contributed by atoms with Crippen LogP contribution in [-0.2, 0) is 41.4 Å². The van der Waals surface area contributed by atoms with Gasteiger partial charge in [0.1, 0.15) is 24.1 Å². The van der Waals surface area contributed by atoms with Gasteiger partial charge in [-0.3, -0.25) is 19.4 Å². The van der Waals surface area contributed by atoms with Crippen molar-refractivity contribution in [1.82, 2.24) is 30.7 Å². The van der Waals surface area contributed by atoms with Crippen LogP contribution in [0.1, 0.15) is 75.2 Å². The molecule has 0 aliphatic carbocycles. The molecule has 1 aliphatic rings. The van der Waals surface area contributed by atoms with Gasteiger partial charge in [-0.1, -0.05) is 65.7 Å². The molecule has 1 fully saturated rings. The fourth-order valence-electron chi connectivity index (χ4n) is 7.79. The number of unbranched alkanes of at least 4 members (excludes halogenated alkanes) is 1. The Balaban J connectivity index is 0.813. The largest absolute Gasteiger partial charge is 0.494 e. The van der Waals surface area contributed by atoms with E-state index in [1.807, 2.05) is 83.1 Å². The van der Waals surface area contributed by atoms with Crippen LogP contribution in [-0.4, -0.2) is 157 Å². The summed E-state index contributed by atoms with van der Waals surface area (Å²) in [4.78, 5) is 52.0. The number of aliphatic imine (C=N–C) groups is 1. The highest BCUT2D eigenvalue weighted by Gasteiger charge is 2.23. The molecule has 20 heteroatoms. The first-order valence-electron chi connectivity index (χ1n) is 26.5. The van der Waals surface area contributed by atoms with E-state index in [4.69, 9.17) is 29.5 Å². The van der Waals surface area contributed by atoms with Crippen molar-refractivity contribution < 1.29 is 38.1 Å². The lowest BCUT2D eigenvalue weighted by Gasteiger charge is -2.27. The number of nitrogens with zero attached hydrogens (tertiary/aromatic N) is 5. The van der Waals surface area contributed by atoms with Crippen molar-refractivity contribution in [2.45, 2.75) is 71.3 Å². The SMILES string of the molecule is CC/C=C(\CC)CNC(=O)C(NC(=O)CCc1ccc(OCCCCN(C)CCOCCOCC/C(C=NCCOCCOc2ccc(Nc3nc(CC(=O)N4CCNCC4)cs3)cc2)=N/N)cc1)c1ccc(Br)cc1. The molecule has 3 amide bonds. The topological polar surface area (TPSA) is 216 Å². The maximum atomic E-state index is 13.3. The molecule has 1 saturated heterocycles. The summed E-state index contributed by atoms with van der Waals surface area (Å²) in [6, 6.07) is 22.1. The fourth-order valence-corrected chi connectivity index (χ4v) is 8.79. The van der Waals surface area contributed by atoms with Crippen LogP contribution >= 0.6 is 27.3 Å². The number of halogens is 1. The number of hydrazone groups is 1. The third-order valence-corrected chi connectivity index (χ3v) is 13.5. The number of hydrogen-bond acceptors (Lipinski definition) is 16. The van der Waals surface area contributed by atoms with Crippen LogP contribution in [0.15, 0.2) is 104 Å².